The van der Waals surface area contributed by atoms with Gasteiger partial charge in [-0.25, -0.2) is 0 Å². The molecular formula is C44H30N2. The molecule has 0 aliphatic rings. The number of hydrogen-bond acceptors (Lipinski definition) is 1. The molecule has 0 radical (unpaired) electrons. The third kappa shape index (κ3) is 4.35. The van der Waals surface area contributed by atoms with Crippen molar-refractivity contribution in [2.75, 3.05) is 4.90 Å². The standard InChI is InChI=1S/C44H30N2/c1-3-13-36(14-4-1)45(38-24-21-32(22-25-38)34-20-19-31-11-7-8-12-33(31)29-34)39-26-28-40-35(30-39)23-27-42-41-17-9-10-18-43(41)46(44(40)42)37-15-5-2-6-16-37/h1-30H. The van der Waals surface area contributed by atoms with Crippen LogP contribution in [0.1, 0.15) is 0 Å². The molecule has 2 nitrogen and oxygen atoms in total. The summed E-state index contributed by atoms with van der Waals surface area (Å²) in [5.41, 5.74) is 9.42. The Morgan fingerprint density at radius 1 is 0.348 bits per heavy atom. The van der Waals surface area contributed by atoms with Gasteiger partial charge in [0.25, 0.3) is 0 Å². The van der Waals surface area contributed by atoms with Gasteiger partial charge in [0.1, 0.15) is 0 Å². The molecule has 2 heteroatoms. The third-order valence-electron chi connectivity index (χ3n) is 9.13. The first-order valence-corrected chi connectivity index (χ1v) is 15.8. The van der Waals surface area contributed by atoms with Crippen LogP contribution >= 0.6 is 0 Å². The van der Waals surface area contributed by atoms with Crippen molar-refractivity contribution in [1.29, 1.82) is 0 Å². The van der Waals surface area contributed by atoms with Crippen molar-refractivity contribution >= 4 is 60.4 Å². The molecular weight excluding hydrogens is 556 g/mol. The molecule has 0 amide bonds. The van der Waals surface area contributed by atoms with Crippen molar-refractivity contribution < 1.29 is 0 Å². The van der Waals surface area contributed by atoms with Crippen molar-refractivity contribution in [1.82, 2.24) is 4.57 Å². The van der Waals surface area contributed by atoms with Gasteiger partial charge in [-0.15, -0.1) is 0 Å². The minimum absolute atomic E-state index is 1.12. The van der Waals surface area contributed by atoms with Crippen LogP contribution < -0.4 is 4.90 Å². The van der Waals surface area contributed by atoms with Gasteiger partial charge in [-0.3, -0.25) is 0 Å². The fourth-order valence-electron chi connectivity index (χ4n) is 6.96. The lowest BCUT2D eigenvalue weighted by atomic mass is 10.0. The number of benzene rings is 8. The normalized spacial score (nSPS) is 11.5. The zero-order chi connectivity index (χ0) is 30.5. The van der Waals surface area contributed by atoms with E-state index in [-0.39, 0.29) is 0 Å². The molecule has 0 saturated heterocycles. The van der Waals surface area contributed by atoms with Crippen LogP contribution in [0.2, 0.25) is 0 Å². The van der Waals surface area contributed by atoms with E-state index in [4.69, 9.17) is 0 Å². The molecule has 9 aromatic rings. The van der Waals surface area contributed by atoms with Crippen LogP contribution in [0.5, 0.6) is 0 Å². The van der Waals surface area contributed by atoms with Crippen molar-refractivity contribution in [3.63, 3.8) is 0 Å². The van der Waals surface area contributed by atoms with Gasteiger partial charge in [0.2, 0.25) is 0 Å². The van der Waals surface area contributed by atoms with Gasteiger partial charge in [-0.1, -0.05) is 121 Å². The maximum Gasteiger partial charge on any atom is 0.0619 e. The van der Waals surface area contributed by atoms with E-state index in [1.165, 1.54) is 60.2 Å². The van der Waals surface area contributed by atoms with Crippen LogP contribution in [0.25, 0.3) is 60.2 Å². The van der Waals surface area contributed by atoms with E-state index in [1.54, 1.807) is 0 Å². The van der Waals surface area contributed by atoms with Gasteiger partial charge in [-0.2, -0.15) is 0 Å². The molecule has 0 spiro atoms. The Hall–Kier alpha value is -6.12. The second kappa shape index (κ2) is 10.8. The molecule has 0 saturated carbocycles. The smallest absolute Gasteiger partial charge is 0.0619 e. The maximum absolute atomic E-state index is 2.41. The molecule has 0 fully saturated rings. The monoisotopic (exact) mass is 586 g/mol. The average Bonchev–Trinajstić information content (AvgIpc) is 3.47. The van der Waals surface area contributed by atoms with Crippen LogP contribution in [0, 0.1) is 0 Å². The van der Waals surface area contributed by atoms with E-state index in [9.17, 15) is 0 Å². The van der Waals surface area contributed by atoms with Gasteiger partial charge < -0.3 is 9.47 Å². The Morgan fingerprint density at radius 2 is 0.957 bits per heavy atom. The minimum atomic E-state index is 1.12. The lowest BCUT2D eigenvalue weighted by Crippen LogP contribution is -2.09. The second-order valence-corrected chi connectivity index (χ2v) is 11.8. The average molecular weight is 587 g/mol. The number of anilines is 3. The third-order valence-corrected chi connectivity index (χ3v) is 9.13. The summed E-state index contributed by atoms with van der Waals surface area (Å²) in [6.45, 7) is 0. The lowest BCUT2D eigenvalue weighted by Gasteiger charge is -2.26. The highest BCUT2D eigenvalue weighted by molar-refractivity contribution is 6.19. The van der Waals surface area contributed by atoms with Crippen LogP contribution in [-0.2, 0) is 0 Å². The van der Waals surface area contributed by atoms with E-state index in [2.05, 4.69) is 191 Å². The fourth-order valence-corrected chi connectivity index (χ4v) is 6.96. The molecule has 1 heterocycles. The van der Waals surface area contributed by atoms with E-state index in [0.717, 1.165) is 17.1 Å². The molecule has 0 bridgehead atoms. The van der Waals surface area contributed by atoms with Crippen LogP contribution in [0.15, 0.2) is 182 Å². The summed E-state index contributed by atoms with van der Waals surface area (Å²) in [4.78, 5) is 2.35. The highest BCUT2D eigenvalue weighted by atomic mass is 15.1. The van der Waals surface area contributed by atoms with Gasteiger partial charge in [0.05, 0.1) is 11.0 Å². The molecule has 1 aromatic heterocycles. The molecule has 0 unspecified atom stereocenters. The number of aromatic nitrogens is 1. The molecule has 0 atom stereocenters. The Morgan fingerprint density at radius 3 is 1.78 bits per heavy atom. The minimum Gasteiger partial charge on any atom is -0.310 e. The Kier molecular flexibility index (Phi) is 6.17. The first kappa shape index (κ1) is 26.3. The Balaban J connectivity index is 1.19. The summed E-state index contributed by atoms with van der Waals surface area (Å²) in [5, 5.41) is 7.50. The van der Waals surface area contributed by atoms with Gasteiger partial charge in [0, 0.05) is 38.9 Å². The molecule has 8 aromatic carbocycles. The highest BCUT2D eigenvalue weighted by Gasteiger charge is 2.17. The van der Waals surface area contributed by atoms with E-state index in [1.807, 2.05) is 0 Å². The molecule has 46 heavy (non-hydrogen) atoms. The largest absolute Gasteiger partial charge is 0.310 e. The molecule has 9 rings (SSSR count). The number of nitrogens with zero attached hydrogens (tertiary/aromatic N) is 2. The first-order valence-electron chi connectivity index (χ1n) is 15.8. The van der Waals surface area contributed by atoms with E-state index < -0.39 is 0 Å². The van der Waals surface area contributed by atoms with Gasteiger partial charge in [0.15, 0.2) is 0 Å². The van der Waals surface area contributed by atoms with E-state index in [0.29, 0.717) is 0 Å². The molecule has 216 valence electrons. The second-order valence-electron chi connectivity index (χ2n) is 11.8. The number of hydrogen-bond donors (Lipinski definition) is 0. The van der Waals surface area contributed by atoms with Crippen LogP contribution in [0.4, 0.5) is 17.1 Å². The van der Waals surface area contributed by atoms with Crippen molar-refractivity contribution in [2.45, 2.75) is 0 Å². The number of fused-ring (bicyclic) bond motifs is 6. The summed E-state index contributed by atoms with van der Waals surface area (Å²) in [7, 11) is 0. The summed E-state index contributed by atoms with van der Waals surface area (Å²) in [6, 6.07) is 65.7. The van der Waals surface area contributed by atoms with Crippen molar-refractivity contribution in [3.05, 3.63) is 182 Å². The lowest BCUT2D eigenvalue weighted by molar-refractivity contribution is 1.19. The van der Waals surface area contributed by atoms with Crippen molar-refractivity contribution in [3.8, 4) is 16.8 Å². The molecule has 0 aliphatic carbocycles. The summed E-state index contributed by atoms with van der Waals surface area (Å²) in [6.07, 6.45) is 0. The molecule has 0 N–H and O–H groups in total. The predicted octanol–water partition coefficient (Wildman–Crippen LogP) is 12.2. The zero-order valence-corrected chi connectivity index (χ0v) is 25.2. The SMILES string of the molecule is c1ccc(N(c2ccc(-c3ccc4ccccc4c3)cc2)c2ccc3c(ccc4c5ccccc5n(-c5ccccc5)c34)c2)cc1. The first-order chi connectivity index (χ1) is 22.8. The van der Waals surface area contributed by atoms with Gasteiger partial charge >= 0.3 is 0 Å². The van der Waals surface area contributed by atoms with Gasteiger partial charge in [-0.05, 0) is 87.9 Å². The quantitative estimate of drug-likeness (QED) is 0.195. The van der Waals surface area contributed by atoms with Crippen LogP contribution in [0.3, 0.4) is 0 Å². The number of rotatable bonds is 5. The topological polar surface area (TPSA) is 8.17 Å². The Labute approximate surface area is 268 Å². The maximum atomic E-state index is 2.41. The van der Waals surface area contributed by atoms with E-state index >= 15 is 0 Å². The number of para-hydroxylation sites is 3. The van der Waals surface area contributed by atoms with Crippen molar-refractivity contribution in [2.24, 2.45) is 0 Å². The Bertz CT molecular complexity index is 2510. The summed E-state index contributed by atoms with van der Waals surface area (Å²) in [5.74, 6) is 0. The molecule has 0 aliphatic heterocycles. The highest BCUT2D eigenvalue weighted by Crippen LogP contribution is 2.41. The summed E-state index contributed by atoms with van der Waals surface area (Å²) >= 11 is 0. The fraction of sp³-hybridized carbons (Fsp3) is 0. The zero-order valence-electron chi connectivity index (χ0n) is 25.2. The summed E-state index contributed by atoms with van der Waals surface area (Å²) < 4.78 is 2.41. The predicted molar refractivity (Wildman–Crippen MR) is 196 cm³/mol. The van der Waals surface area contributed by atoms with Crippen LogP contribution in [-0.4, -0.2) is 4.57 Å².